The van der Waals surface area contributed by atoms with Gasteiger partial charge in [-0.1, -0.05) is 11.8 Å². The monoisotopic (exact) mass is 242 g/mol. The molecule has 1 unspecified atom stereocenters. The molecule has 16 heavy (non-hydrogen) atoms. The molecule has 0 radical (unpaired) electrons. The first kappa shape index (κ1) is 13.1. The molecule has 0 aliphatic rings. The second kappa shape index (κ2) is 6.55. The van der Waals surface area contributed by atoms with Crippen molar-refractivity contribution in [3.05, 3.63) is 6.07 Å². The van der Waals surface area contributed by atoms with Crippen LogP contribution >= 0.6 is 11.8 Å². The Morgan fingerprint density at radius 1 is 1.56 bits per heavy atom. The van der Waals surface area contributed by atoms with E-state index in [1.807, 2.05) is 13.2 Å². The number of hydrogen-bond acceptors (Lipinski definition) is 6. The second-order valence-electron chi connectivity index (χ2n) is 3.58. The van der Waals surface area contributed by atoms with Gasteiger partial charge < -0.3 is 16.2 Å². The second-order valence-corrected chi connectivity index (χ2v) is 4.35. The van der Waals surface area contributed by atoms with Gasteiger partial charge in [-0.3, -0.25) is 0 Å². The molecule has 1 atom stereocenters. The van der Waals surface area contributed by atoms with Gasteiger partial charge in [0.15, 0.2) is 5.16 Å². The Labute approximate surface area is 99.9 Å². The summed E-state index contributed by atoms with van der Waals surface area (Å²) < 4.78 is 0. The average Bonchev–Trinajstić information content (AvgIpc) is 2.25. The van der Waals surface area contributed by atoms with Crippen LogP contribution in [-0.2, 0) is 0 Å². The quantitative estimate of drug-likeness (QED) is 0.516. The lowest BCUT2D eigenvalue weighted by Crippen LogP contribution is -2.17. The molecular formula is C10H18N4OS. The molecule has 1 aromatic rings. The number of nitrogen functional groups attached to an aromatic ring is 1. The topological polar surface area (TPSA) is 84.1 Å². The van der Waals surface area contributed by atoms with E-state index >= 15 is 0 Å². The maximum atomic E-state index is 8.73. The lowest BCUT2D eigenvalue weighted by Gasteiger charge is -2.14. The number of nitrogens with two attached hydrogens (primary N) is 1. The summed E-state index contributed by atoms with van der Waals surface area (Å²) in [6.07, 6.45) is 3.59. The fraction of sp³-hybridized carbons (Fsp3) is 0.600. The summed E-state index contributed by atoms with van der Waals surface area (Å²) in [7, 11) is 0. The van der Waals surface area contributed by atoms with Gasteiger partial charge in [-0.05, 0) is 26.0 Å². The van der Waals surface area contributed by atoms with Crippen LogP contribution in [-0.4, -0.2) is 34.0 Å². The van der Waals surface area contributed by atoms with Crippen molar-refractivity contribution in [1.29, 1.82) is 0 Å². The number of aromatic nitrogens is 2. The smallest absolute Gasteiger partial charge is 0.191 e. The van der Waals surface area contributed by atoms with Crippen LogP contribution < -0.4 is 11.1 Å². The molecule has 6 heteroatoms. The molecule has 0 fully saturated rings. The minimum absolute atomic E-state index is 0.216. The molecule has 4 N–H and O–H groups in total. The van der Waals surface area contributed by atoms with Gasteiger partial charge in [-0.25, -0.2) is 9.97 Å². The number of thioether (sulfide) groups is 1. The Morgan fingerprint density at radius 2 is 2.31 bits per heavy atom. The summed E-state index contributed by atoms with van der Waals surface area (Å²) >= 11 is 1.46. The summed E-state index contributed by atoms with van der Waals surface area (Å²) in [4.78, 5) is 8.37. The van der Waals surface area contributed by atoms with E-state index in [0.717, 1.165) is 18.7 Å². The molecule has 0 bridgehead atoms. The zero-order valence-electron chi connectivity index (χ0n) is 9.60. The first-order valence-electron chi connectivity index (χ1n) is 5.21. The van der Waals surface area contributed by atoms with Crippen molar-refractivity contribution in [3.8, 4) is 0 Å². The summed E-state index contributed by atoms with van der Waals surface area (Å²) in [6.45, 7) is 2.26. The van der Waals surface area contributed by atoms with Crippen molar-refractivity contribution in [1.82, 2.24) is 9.97 Å². The summed E-state index contributed by atoms with van der Waals surface area (Å²) in [5, 5.41) is 12.6. The number of aliphatic hydroxyl groups is 1. The molecule has 0 spiro atoms. The van der Waals surface area contributed by atoms with E-state index in [0.29, 0.717) is 11.0 Å². The average molecular weight is 242 g/mol. The fourth-order valence-electron chi connectivity index (χ4n) is 1.33. The van der Waals surface area contributed by atoms with E-state index in [1.165, 1.54) is 11.8 Å². The predicted molar refractivity (Wildman–Crippen MR) is 67.6 cm³/mol. The lowest BCUT2D eigenvalue weighted by molar-refractivity contribution is 0.282. The molecule has 0 saturated carbocycles. The first-order valence-corrected chi connectivity index (χ1v) is 6.44. The minimum Gasteiger partial charge on any atom is -0.396 e. The van der Waals surface area contributed by atoms with Gasteiger partial charge in [-0.2, -0.15) is 0 Å². The third kappa shape index (κ3) is 4.24. The van der Waals surface area contributed by atoms with Crippen LogP contribution in [0.1, 0.15) is 19.8 Å². The van der Waals surface area contributed by atoms with Crippen molar-refractivity contribution in [2.75, 3.05) is 23.9 Å². The van der Waals surface area contributed by atoms with Gasteiger partial charge in [0.05, 0.1) is 0 Å². The molecule has 5 nitrogen and oxygen atoms in total. The zero-order chi connectivity index (χ0) is 12.0. The van der Waals surface area contributed by atoms with Crippen molar-refractivity contribution in [3.63, 3.8) is 0 Å². The molecule has 0 aliphatic heterocycles. The van der Waals surface area contributed by atoms with E-state index < -0.39 is 0 Å². The van der Waals surface area contributed by atoms with Gasteiger partial charge in [0.25, 0.3) is 0 Å². The maximum Gasteiger partial charge on any atom is 0.191 e. The maximum absolute atomic E-state index is 8.73. The molecule has 0 aromatic carbocycles. The molecule has 0 amide bonds. The van der Waals surface area contributed by atoms with Crippen molar-refractivity contribution in [2.45, 2.75) is 31.0 Å². The summed E-state index contributed by atoms with van der Waals surface area (Å²) in [5.74, 6) is 1.21. The number of anilines is 2. The highest BCUT2D eigenvalue weighted by Crippen LogP contribution is 2.16. The van der Waals surface area contributed by atoms with Gasteiger partial charge in [-0.15, -0.1) is 0 Å². The number of rotatable bonds is 6. The van der Waals surface area contributed by atoms with Gasteiger partial charge >= 0.3 is 0 Å². The first-order chi connectivity index (χ1) is 7.65. The number of nitrogens with zero attached hydrogens (tertiary/aromatic N) is 2. The Hall–Kier alpha value is -1.01. The van der Waals surface area contributed by atoms with E-state index in [-0.39, 0.29) is 12.6 Å². The van der Waals surface area contributed by atoms with Crippen LogP contribution in [0, 0.1) is 0 Å². The third-order valence-corrected chi connectivity index (χ3v) is 2.65. The van der Waals surface area contributed by atoms with Crippen molar-refractivity contribution < 1.29 is 5.11 Å². The van der Waals surface area contributed by atoms with Crippen molar-refractivity contribution >= 4 is 23.4 Å². The normalized spacial score (nSPS) is 12.4. The Balaban J connectivity index is 2.61. The van der Waals surface area contributed by atoms with Gasteiger partial charge in [0, 0.05) is 18.7 Å². The largest absolute Gasteiger partial charge is 0.396 e. The van der Waals surface area contributed by atoms with Gasteiger partial charge in [0.2, 0.25) is 0 Å². The predicted octanol–water partition coefficient (Wildman–Crippen LogP) is 1.35. The van der Waals surface area contributed by atoms with E-state index in [2.05, 4.69) is 15.3 Å². The van der Waals surface area contributed by atoms with Crippen molar-refractivity contribution in [2.24, 2.45) is 0 Å². The Kier molecular flexibility index (Phi) is 5.34. The van der Waals surface area contributed by atoms with E-state index in [4.69, 9.17) is 10.8 Å². The molecule has 1 heterocycles. The van der Waals surface area contributed by atoms with Crippen LogP contribution in [0.3, 0.4) is 0 Å². The molecule has 1 rings (SSSR count). The minimum atomic E-state index is 0.216. The standard InChI is InChI=1S/C10H18N4OS/c1-7(4-3-5-15)12-9-6-8(11)13-10(14-9)16-2/h6-7,15H,3-5H2,1-2H3,(H3,11,12,13,14). The number of aliphatic hydroxyl groups excluding tert-OH is 1. The van der Waals surface area contributed by atoms with Crippen LogP contribution in [0.25, 0.3) is 0 Å². The zero-order valence-corrected chi connectivity index (χ0v) is 10.4. The Morgan fingerprint density at radius 3 is 2.94 bits per heavy atom. The SMILES string of the molecule is CSc1nc(N)cc(NC(C)CCCO)n1. The van der Waals surface area contributed by atoms with E-state index in [9.17, 15) is 0 Å². The molecule has 0 saturated heterocycles. The van der Waals surface area contributed by atoms with Crippen LogP contribution in [0.15, 0.2) is 11.2 Å². The summed E-state index contributed by atoms with van der Waals surface area (Å²) in [6, 6.07) is 1.98. The highest BCUT2D eigenvalue weighted by molar-refractivity contribution is 7.98. The molecule has 0 aliphatic carbocycles. The lowest BCUT2D eigenvalue weighted by atomic mass is 10.2. The Bertz CT molecular complexity index is 335. The van der Waals surface area contributed by atoms with Crippen LogP contribution in [0.2, 0.25) is 0 Å². The fourth-order valence-corrected chi connectivity index (χ4v) is 1.72. The summed E-state index contributed by atoms with van der Waals surface area (Å²) in [5.41, 5.74) is 5.67. The number of nitrogens with one attached hydrogen (secondary N) is 1. The molecule has 90 valence electrons. The highest BCUT2D eigenvalue weighted by Gasteiger charge is 2.05. The molecular weight excluding hydrogens is 224 g/mol. The highest BCUT2D eigenvalue weighted by atomic mass is 32.2. The van der Waals surface area contributed by atoms with Crippen LogP contribution in [0.4, 0.5) is 11.6 Å². The molecule has 1 aromatic heterocycles. The number of hydrogen-bond donors (Lipinski definition) is 3. The van der Waals surface area contributed by atoms with E-state index in [1.54, 1.807) is 6.07 Å². The van der Waals surface area contributed by atoms with Crippen LogP contribution in [0.5, 0.6) is 0 Å². The van der Waals surface area contributed by atoms with Gasteiger partial charge in [0.1, 0.15) is 11.6 Å². The third-order valence-electron chi connectivity index (χ3n) is 2.10.